The minimum Gasteiger partial charge on any atom is -0.394 e. The maximum absolute atomic E-state index is 12.5. The lowest BCUT2D eigenvalue weighted by molar-refractivity contribution is -0.130. The highest BCUT2D eigenvalue weighted by atomic mass is 19.4. The minimum absolute atomic E-state index is 0.185. The van der Waals surface area contributed by atoms with E-state index in [-0.39, 0.29) is 12.6 Å². The van der Waals surface area contributed by atoms with Crippen molar-refractivity contribution in [1.29, 1.82) is 5.41 Å². The van der Waals surface area contributed by atoms with Gasteiger partial charge in [0, 0.05) is 12.6 Å². The minimum atomic E-state index is -4.83. The number of rotatable bonds is 7. The summed E-state index contributed by atoms with van der Waals surface area (Å²) >= 11 is 0. The van der Waals surface area contributed by atoms with Gasteiger partial charge in [-0.3, -0.25) is 10.2 Å². The first-order chi connectivity index (χ1) is 11.2. The van der Waals surface area contributed by atoms with Gasteiger partial charge in [0.25, 0.3) is 5.91 Å². The molecule has 0 saturated carbocycles. The fourth-order valence-corrected chi connectivity index (χ4v) is 2.25. The van der Waals surface area contributed by atoms with Crippen LogP contribution in [-0.2, 0) is 11.3 Å². The van der Waals surface area contributed by atoms with Gasteiger partial charge >= 0.3 is 6.18 Å². The third-order valence-electron chi connectivity index (χ3n) is 3.55. The third kappa shape index (κ3) is 5.72. The van der Waals surface area contributed by atoms with E-state index < -0.39 is 23.5 Å². The van der Waals surface area contributed by atoms with E-state index in [4.69, 9.17) is 11.1 Å². The normalized spacial score (nSPS) is 13.5. The molecular formula is C17H22F3N3O. The summed E-state index contributed by atoms with van der Waals surface area (Å²) in [6, 6.07) is 8.95. The number of nitrogens with zero attached hydrogens (tertiary/aromatic N) is 1. The fourth-order valence-electron chi connectivity index (χ4n) is 2.25. The number of nitrogens with one attached hydrogen (secondary N) is 1. The number of allylic oxidation sites excluding steroid dienone is 1. The number of amides is 1. The second-order valence-electron chi connectivity index (χ2n) is 5.57. The smallest absolute Gasteiger partial charge is 0.394 e. The summed E-state index contributed by atoms with van der Waals surface area (Å²) < 4.78 is 37.4. The van der Waals surface area contributed by atoms with Crippen LogP contribution in [0.1, 0.15) is 32.3 Å². The van der Waals surface area contributed by atoms with E-state index in [9.17, 15) is 18.0 Å². The molecule has 1 amide bonds. The van der Waals surface area contributed by atoms with Crippen LogP contribution in [-0.4, -0.2) is 28.7 Å². The number of hydrogen-bond acceptors (Lipinski definition) is 3. The molecule has 1 aromatic carbocycles. The van der Waals surface area contributed by atoms with Crippen molar-refractivity contribution in [1.82, 2.24) is 4.90 Å². The SMILES string of the molecule is CCCC(C)N(Cc1ccccc1)C(=O)/C(N)=C/C(=N)C(F)(F)F. The van der Waals surface area contributed by atoms with Crippen LogP contribution in [0.3, 0.4) is 0 Å². The van der Waals surface area contributed by atoms with Gasteiger partial charge in [0.2, 0.25) is 0 Å². The van der Waals surface area contributed by atoms with Crippen LogP contribution in [0, 0.1) is 5.41 Å². The molecule has 0 aliphatic rings. The summed E-state index contributed by atoms with van der Waals surface area (Å²) in [5, 5.41) is 6.96. The van der Waals surface area contributed by atoms with E-state index in [1.54, 1.807) is 0 Å². The van der Waals surface area contributed by atoms with Gasteiger partial charge in [-0.25, -0.2) is 0 Å². The van der Waals surface area contributed by atoms with Crippen molar-refractivity contribution in [2.45, 2.75) is 45.5 Å². The van der Waals surface area contributed by atoms with Crippen molar-refractivity contribution >= 4 is 11.6 Å². The van der Waals surface area contributed by atoms with Crippen LogP contribution >= 0.6 is 0 Å². The maximum atomic E-state index is 12.5. The average molecular weight is 341 g/mol. The molecule has 0 fully saturated rings. The van der Waals surface area contributed by atoms with Crippen LogP contribution < -0.4 is 5.73 Å². The average Bonchev–Trinajstić information content (AvgIpc) is 2.52. The van der Waals surface area contributed by atoms with Crippen LogP contribution in [0.4, 0.5) is 13.2 Å². The van der Waals surface area contributed by atoms with E-state index in [1.807, 2.05) is 44.2 Å². The molecule has 0 saturated heterocycles. The number of halogens is 3. The summed E-state index contributed by atoms with van der Waals surface area (Å²) in [6.07, 6.45) is -2.94. The molecule has 1 atom stereocenters. The molecular weight excluding hydrogens is 319 g/mol. The Kier molecular flexibility index (Phi) is 7.00. The Hall–Kier alpha value is -2.31. The molecule has 1 rings (SSSR count). The Bertz CT molecular complexity index is 597. The van der Waals surface area contributed by atoms with Crippen molar-refractivity contribution in [3.05, 3.63) is 47.7 Å². The van der Waals surface area contributed by atoms with Crippen LogP contribution in [0.15, 0.2) is 42.1 Å². The summed E-state index contributed by atoms with van der Waals surface area (Å²) in [5.74, 6) is -0.700. The topological polar surface area (TPSA) is 70.2 Å². The van der Waals surface area contributed by atoms with Gasteiger partial charge in [0.05, 0.1) is 5.70 Å². The summed E-state index contributed by atoms with van der Waals surface area (Å²) in [7, 11) is 0. The largest absolute Gasteiger partial charge is 0.432 e. The summed E-state index contributed by atoms with van der Waals surface area (Å²) in [6.45, 7) is 4.03. The highest BCUT2D eigenvalue weighted by Crippen LogP contribution is 2.19. The molecule has 1 aromatic rings. The van der Waals surface area contributed by atoms with Crippen molar-refractivity contribution in [2.24, 2.45) is 5.73 Å². The lowest BCUT2D eigenvalue weighted by Crippen LogP contribution is -2.41. The second kappa shape index (κ2) is 8.52. The van der Waals surface area contributed by atoms with Crippen LogP contribution in [0.5, 0.6) is 0 Å². The zero-order valence-electron chi connectivity index (χ0n) is 13.7. The van der Waals surface area contributed by atoms with Crippen molar-refractivity contribution < 1.29 is 18.0 Å². The highest BCUT2D eigenvalue weighted by molar-refractivity contribution is 6.04. The lowest BCUT2D eigenvalue weighted by atomic mass is 10.1. The molecule has 0 spiro atoms. The Balaban J connectivity index is 3.03. The monoisotopic (exact) mass is 341 g/mol. The molecule has 0 aromatic heterocycles. The Morgan fingerprint density at radius 3 is 2.42 bits per heavy atom. The van der Waals surface area contributed by atoms with Gasteiger partial charge in [0.15, 0.2) is 0 Å². The van der Waals surface area contributed by atoms with Gasteiger partial charge in [-0.05, 0) is 25.0 Å². The molecule has 1 unspecified atom stereocenters. The van der Waals surface area contributed by atoms with Gasteiger partial charge in [-0.2, -0.15) is 13.2 Å². The first-order valence-corrected chi connectivity index (χ1v) is 7.64. The molecule has 132 valence electrons. The number of carbonyl (C=O) groups excluding carboxylic acids is 1. The molecule has 4 nitrogen and oxygen atoms in total. The molecule has 0 aliphatic carbocycles. The van der Waals surface area contributed by atoms with E-state index in [1.165, 1.54) is 4.90 Å². The van der Waals surface area contributed by atoms with Crippen LogP contribution in [0.2, 0.25) is 0 Å². The Labute approximate surface area is 139 Å². The van der Waals surface area contributed by atoms with E-state index in [2.05, 4.69) is 0 Å². The number of hydrogen-bond donors (Lipinski definition) is 2. The quantitative estimate of drug-likeness (QED) is 0.587. The Morgan fingerprint density at radius 2 is 1.92 bits per heavy atom. The molecule has 0 radical (unpaired) electrons. The molecule has 3 N–H and O–H groups in total. The van der Waals surface area contributed by atoms with Gasteiger partial charge < -0.3 is 10.6 Å². The van der Waals surface area contributed by atoms with E-state index in [0.29, 0.717) is 12.5 Å². The maximum Gasteiger partial charge on any atom is 0.432 e. The fraction of sp³-hybridized carbons (Fsp3) is 0.412. The number of carbonyl (C=O) groups is 1. The standard InChI is InChI=1S/C17H22F3N3O/c1-3-7-12(2)23(11-13-8-5-4-6-9-13)16(24)14(21)10-15(22)17(18,19)20/h4-6,8-10,12,22H,3,7,11,21H2,1-2H3/b14-10-,22-15?. The van der Waals surface area contributed by atoms with Gasteiger partial charge in [-0.15, -0.1) is 0 Å². The van der Waals surface area contributed by atoms with Crippen LogP contribution in [0.25, 0.3) is 0 Å². The van der Waals surface area contributed by atoms with E-state index in [0.717, 1.165) is 12.0 Å². The first-order valence-electron chi connectivity index (χ1n) is 7.64. The van der Waals surface area contributed by atoms with Gasteiger partial charge in [-0.1, -0.05) is 43.7 Å². The van der Waals surface area contributed by atoms with Crippen molar-refractivity contribution in [3.63, 3.8) is 0 Å². The van der Waals surface area contributed by atoms with Crippen molar-refractivity contribution in [3.8, 4) is 0 Å². The lowest BCUT2D eigenvalue weighted by Gasteiger charge is -2.29. The zero-order valence-corrected chi connectivity index (χ0v) is 13.7. The molecule has 0 heterocycles. The highest BCUT2D eigenvalue weighted by Gasteiger charge is 2.34. The first kappa shape index (κ1) is 19.7. The molecule has 7 heteroatoms. The zero-order chi connectivity index (χ0) is 18.3. The number of alkyl halides is 3. The second-order valence-corrected chi connectivity index (χ2v) is 5.57. The predicted molar refractivity (Wildman–Crippen MR) is 87.4 cm³/mol. The Morgan fingerprint density at radius 1 is 1.33 bits per heavy atom. The van der Waals surface area contributed by atoms with Gasteiger partial charge in [0.1, 0.15) is 5.71 Å². The molecule has 24 heavy (non-hydrogen) atoms. The summed E-state index contributed by atoms with van der Waals surface area (Å²) in [5.41, 5.74) is 4.16. The van der Waals surface area contributed by atoms with E-state index >= 15 is 0 Å². The third-order valence-corrected chi connectivity index (χ3v) is 3.55. The number of benzene rings is 1. The number of nitrogens with two attached hydrogens (primary N) is 1. The van der Waals surface area contributed by atoms with Crippen molar-refractivity contribution in [2.75, 3.05) is 0 Å². The predicted octanol–water partition coefficient (Wildman–Crippen LogP) is 3.63. The summed E-state index contributed by atoms with van der Waals surface area (Å²) in [4.78, 5) is 13.9. The molecule has 0 aliphatic heterocycles. The molecule has 0 bridgehead atoms.